The highest BCUT2D eigenvalue weighted by Crippen LogP contribution is 2.26. The maximum absolute atomic E-state index is 12.2. The van der Waals surface area contributed by atoms with Gasteiger partial charge in [0.2, 0.25) is 0 Å². The summed E-state index contributed by atoms with van der Waals surface area (Å²) in [6, 6.07) is 18.7. The lowest BCUT2D eigenvalue weighted by Crippen LogP contribution is -2.17. The number of fused-ring (bicyclic) bond motifs is 1. The molecule has 3 rings (SSSR count). The first-order chi connectivity index (χ1) is 12.7. The van der Waals surface area contributed by atoms with Gasteiger partial charge in [0.15, 0.2) is 0 Å². The fourth-order valence-corrected chi connectivity index (χ4v) is 2.65. The van der Waals surface area contributed by atoms with Crippen molar-refractivity contribution in [2.45, 2.75) is 6.92 Å². The molecule has 132 valence electrons. The molecule has 3 aromatic rings. The Morgan fingerprint density at radius 2 is 1.85 bits per heavy atom. The van der Waals surface area contributed by atoms with E-state index in [1.54, 1.807) is 37.6 Å². The molecular weight excluding hydrogens is 328 g/mol. The standard InChI is InChI=1S/C21H20N2O3/c1-3-26-20-13-10-15-6-4-5-7-18(15)19(20)14-22-23-21(24)16-8-11-17(25-2)12-9-16/h4-14H,3H2,1-2H3,(H,23,24)/b22-14-. The number of nitrogens with one attached hydrogen (secondary N) is 1. The van der Waals surface area contributed by atoms with Crippen LogP contribution in [0.3, 0.4) is 0 Å². The third kappa shape index (κ3) is 3.83. The van der Waals surface area contributed by atoms with Crippen molar-refractivity contribution in [3.63, 3.8) is 0 Å². The number of amides is 1. The van der Waals surface area contributed by atoms with Crippen LogP contribution in [-0.2, 0) is 0 Å². The number of benzene rings is 3. The van der Waals surface area contributed by atoms with E-state index in [2.05, 4.69) is 10.5 Å². The van der Waals surface area contributed by atoms with Gasteiger partial charge in [0, 0.05) is 11.1 Å². The van der Waals surface area contributed by atoms with E-state index in [9.17, 15) is 4.79 Å². The smallest absolute Gasteiger partial charge is 0.271 e. The zero-order valence-corrected chi connectivity index (χ0v) is 14.7. The topological polar surface area (TPSA) is 59.9 Å². The summed E-state index contributed by atoms with van der Waals surface area (Å²) < 4.78 is 10.8. The highest BCUT2D eigenvalue weighted by molar-refractivity contribution is 6.03. The average Bonchev–Trinajstić information content (AvgIpc) is 2.69. The summed E-state index contributed by atoms with van der Waals surface area (Å²) in [7, 11) is 1.58. The summed E-state index contributed by atoms with van der Waals surface area (Å²) in [5, 5.41) is 6.21. The molecule has 0 radical (unpaired) electrons. The van der Waals surface area contributed by atoms with E-state index in [4.69, 9.17) is 9.47 Å². The Bertz CT molecular complexity index is 934. The first-order valence-electron chi connectivity index (χ1n) is 8.35. The van der Waals surface area contributed by atoms with E-state index in [-0.39, 0.29) is 5.91 Å². The van der Waals surface area contributed by atoms with Crippen molar-refractivity contribution in [2.75, 3.05) is 13.7 Å². The SMILES string of the molecule is CCOc1ccc2ccccc2c1/C=N\NC(=O)c1ccc(OC)cc1. The molecule has 0 atom stereocenters. The van der Waals surface area contributed by atoms with E-state index in [1.165, 1.54) is 0 Å². The molecule has 1 N–H and O–H groups in total. The van der Waals surface area contributed by atoms with Crippen LogP contribution in [0.25, 0.3) is 10.8 Å². The van der Waals surface area contributed by atoms with Crippen LogP contribution in [0.15, 0.2) is 65.8 Å². The van der Waals surface area contributed by atoms with Gasteiger partial charge in [0.1, 0.15) is 11.5 Å². The Balaban J connectivity index is 1.82. The largest absolute Gasteiger partial charge is 0.497 e. The van der Waals surface area contributed by atoms with Crippen LogP contribution in [0.2, 0.25) is 0 Å². The molecule has 0 saturated heterocycles. The highest BCUT2D eigenvalue weighted by Gasteiger charge is 2.08. The fourth-order valence-electron chi connectivity index (χ4n) is 2.65. The van der Waals surface area contributed by atoms with E-state index < -0.39 is 0 Å². The van der Waals surface area contributed by atoms with E-state index >= 15 is 0 Å². The zero-order valence-electron chi connectivity index (χ0n) is 14.7. The fraction of sp³-hybridized carbons (Fsp3) is 0.143. The number of hydrogen-bond acceptors (Lipinski definition) is 4. The molecule has 26 heavy (non-hydrogen) atoms. The third-order valence-electron chi connectivity index (χ3n) is 3.94. The Hall–Kier alpha value is -3.34. The van der Waals surface area contributed by atoms with E-state index in [0.717, 1.165) is 22.1 Å². The number of hydrogen-bond donors (Lipinski definition) is 1. The van der Waals surface area contributed by atoms with Crippen molar-refractivity contribution in [2.24, 2.45) is 5.10 Å². The summed E-state index contributed by atoms with van der Waals surface area (Å²) >= 11 is 0. The molecule has 0 spiro atoms. The zero-order chi connectivity index (χ0) is 18.4. The number of rotatable bonds is 6. The second-order valence-corrected chi connectivity index (χ2v) is 5.56. The number of carbonyl (C=O) groups is 1. The second-order valence-electron chi connectivity index (χ2n) is 5.56. The van der Waals surface area contributed by atoms with Crippen molar-refractivity contribution in [3.05, 3.63) is 71.8 Å². The van der Waals surface area contributed by atoms with Crippen LogP contribution >= 0.6 is 0 Å². The summed E-state index contributed by atoms with van der Waals surface area (Å²) in [6.45, 7) is 2.49. The lowest BCUT2D eigenvalue weighted by Gasteiger charge is -2.10. The number of carbonyl (C=O) groups excluding carboxylic acids is 1. The van der Waals surface area contributed by atoms with Crippen molar-refractivity contribution in [1.29, 1.82) is 0 Å². The van der Waals surface area contributed by atoms with Gasteiger partial charge in [-0.05, 0) is 48.0 Å². The van der Waals surface area contributed by atoms with Gasteiger partial charge in [0.05, 0.1) is 19.9 Å². The molecule has 5 heteroatoms. The van der Waals surface area contributed by atoms with Gasteiger partial charge in [-0.3, -0.25) is 4.79 Å². The Morgan fingerprint density at radius 1 is 1.08 bits per heavy atom. The molecule has 0 aliphatic carbocycles. The van der Waals surface area contributed by atoms with Gasteiger partial charge in [-0.15, -0.1) is 0 Å². The monoisotopic (exact) mass is 348 g/mol. The van der Waals surface area contributed by atoms with Crippen LogP contribution in [0.4, 0.5) is 0 Å². The molecule has 5 nitrogen and oxygen atoms in total. The first kappa shape index (κ1) is 17.5. The maximum Gasteiger partial charge on any atom is 0.271 e. The van der Waals surface area contributed by atoms with Gasteiger partial charge in [-0.2, -0.15) is 5.10 Å². The number of hydrazone groups is 1. The molecule has 0 fully saturated rings. The molecule has 0 aliphatic rings. The molecule has 0 bridgehead atoms. The van der Waals surface area contributed by atoms with Crippen LogP contribution in [0, 0.1) is 0 Å². The van der Waals surface area contributed by atoms with Crippen LogP contribution in [0.5, 0.6) is 11.5 Å². The van der Waals surface area contributed by atoms with E-state index in [1.807, 2.05) is 43.3 Å². The first-order valence-corrected chi connectivity index (χ1v) is 8.35. The Morgan fingerprint density at radius 3 is 2.58 bits per heavy atom. The molecular formula is C21H20N2O3. The molecule has 0 unspecified atom stereocenters. The second kappa shape index (κ2) is 8.16. The molecule has 0 saturated carbocycles. The van der Waals surface area contributed by atoms with Gasteiger partial charge in [-0.25, -0.2) is 5.43 Å². The minimum Gasteiger partial charge on any atom is -0.497 e. The Kier molecular flexibility index (Phi) is 5.49. The minimum absolute atomic E-state index is 0.290. The third-order valence-corrected chi connectivity index (χ3v) is 3.94. The number of nitrogens with zero attached hydrogens (tertiary/aromatic N) is 1. The van der Waals surface area contributed by atoms with Crippen molar-refractivity contribution in [3.8, 4) is 11.5 Å². The molecule has 0 heterocycles. The maximum atomic E-state index is 12.2. The predicted octanol–water partition coefficient (Wildman–Crippen LogP) is 4.01. The molecule has 0 aliphatic heterocycles. The van der Waals surface area contributed by atoms with Crippen LogP contribution < -0.4 is 14.9 Å². The van der Waals surface area contributed by atoms with Gasteiger partial charge >= 0.3 is 0 Å². The van der Waals surface area contributed by atoms with Crippen molar-refractivity contribution < 1.29 is 14.3 Å². The van der Waals surface area contributed by atoms with Crippen molar-refractivity contribution >= 4 is 22.9 Å². The highest BCUT2D eigenvalue weighted by atomic mass is 16.5. The average molecular weight is 348 g/mol. The van der Waals surface area contributed by atoms with Gasteiger partial charge < -0.3 is 9.47 Å². The molecule has 3 aromatic carbocycles. The van der Waals surface area contributed by atoms with Gasteiger partial charge in [0.25, 0.3) is 5.91 Å². The quantitative estimate of drug-likeness (QED) is 0.541. The normalized spacial score (nSPS) is 10.8. The summed E-state index contributed by atoms with van der Waals surface area (Å²) in [4.78, 5) is 12.2. The van der Waals surface area contributed by atoms with E-state index in [0.29, 0.717) is 17.9 Å². The minimum atomic E-state index is -0.290. The summed E-state index contributed by atoms with van der Waals surface area (Å²) in [6.07, 6.45) is 1.62. The van der Waals surface area contributed by atoms with Gasteiger partial charge in [-0.1, -0.05) is 30.3 Å². The van der Waals surface area contributed by atoms with Crippen LogP contribution in [-0.4, -0.2) is 25.8 Å². The Labute approximate surface area is 152 Å². The molecule has 1 amide bonds. The lowest BCUT2D eigenvalue weighted by molar-refractivity contribution is 0.0955. The summed E-state index contributed by atoms with van der Waals surface area (Å²) in [5.41, 5.74) is 3.89. The van der Waals surface area contributed by atoms with Crippen molar-refractivity contribution in [1.82, 2.24) is 5.43 Å². The number of ether oxygens (including phenoxy) is 2. The number of methoxy groups -OCH3 is 1. The summed E-state index contributed by atoms with van der Waals surface area (Å²) in [5.74, 6) is 1.14. The lowest BCUT2D eigenvalue weighted by atomic mass is 10.0. The van der Waals surface area contributed by atoms with Crippen LogP contribution in [0.1, 0.15) is 22.8 Å². The molecule has 0 aromatic heterocycles. The predicted molar refractivity (Wildman–Crippen MR) is 103 cm³/mol.